The highest BCUT2D eigenvalue weighted by Crippen LogP contribution is 2.28. The monoisotopic (exact) mass is 350 g/mol. The van der Waals surface area contributed by atoms with Crippen molar-refractivity contribution < 1.29 is 4.74 Å². The lowest BCUT2D eigenvalue weighted by molar-refractivity contribution is 0.296. The van der Waals surface area contributed by atoms with Gasteiger partial charge < -0.3 is 4.74 Å². The second-order valence-corrected chi connectivity index (χ2v) is 7.10. The minimum absolute atomic E-state index is 0.170. The zero-order valence-electron chi connectivity index (χ0n) is 15.5. The van der Waals surface area contributed by atoms with Gasteiger partial charge in [0.25, 0.3) is 0 Å². The molecular weight excluding hydrogens is 328 g/mol. The summed E-state index contributed by atoms with van der Waals surface area (Å²) in [7, 11) is 1.86. The van der Waals surface area contributed by atoms with Crippen LogP contribution < -0.4 is 4.74 Å². The van der Waals surface area contributed by atoms with E-state index in [2.05, 4.69) is 53.1 Å². The Bertz CT molecular complexity index is 1060. The summed E-state index contributed by atoms with van der Waals surface area (Å²) in [4.78, 5) is 8.93. The van der Waals surface area contributed by atoms with Crippen molar-refractivity contribution >= 4 is 16.7 Å². The molecule has 134 valence electrons. The number of hydrogen-bond acceptors (Lipinski definition) is 5. The van der Waals surface area contributed by atoms with Crippen LogP contribution in [0.2, 0.25) is 0 Å². The lowest BCUT2D eigenvalue weighted by Crippen LogP contribution is -2.15. The van der Waals surface area contributed by atoms with E-state index in [1.807, 2.05) is 19.2 Å². The Labute approximate surface area is 151 Å². The number of hydrogen-bond donors (Lipinski definition) is 0. The Morgan fingerprint density at radius 2 is 1.88 bits per heavy atom. The zero-order valence-corrected chi connectivity index (χ0v) is 15.5. The molecular formula is C19H22N6O. The molecule has 7 nitrogen and oxygen atoms in total. The van der Waals surface area contributed by atoms with Crippen LogP contribution in [0.15, 0.2) is 36.8 Å². The van der Waals surface area contributed by atoms with Crippen LogP contribution >= 0.6 is 0 Å². The first kappa shape index (κ1) is 16.5. The predicted molar refractivity (Wildman–Crippen MR) is 99.1 cm³/mol. The zero-order chi connectivity index (χ0) is 18.3. The maximum Gasteiger partial charge on any atom is 0.189 e. The average Bonchev–Trinajstić information content (AvgIpc) is 3.23. The maximum absolute atomic E-state index is 5.86. The van der Waals surface area contributed by atoms with Gasteiger partial charge in [-0.05, 0) is 29.5 Å². The summed E-state index contributed by atoms with van der Waals surface area (Å²) in [6.45, 7) is 7.00. The van der Waals surface area contributed by atoms with Gasteiger partial charge >= 0.3 is 0 Å². The summed E-state index contributed by atoms with van der Waals surface area (Å²) >= 11 is 0. The molecule has 0 spiro atoms. The maximum atomic E-state index is 5.86. The molecule has 3 heterocycles. The second kappa shape index (κ2) is 6.09. The summed E-state index contributed by atoms with van der Waals surface area (Å²) in [6.07, 6.45) is 4.50. The van der Waals surface area contributed by atoms with Gasteiger partial charge in [-0.3, -0.25) is 4.68 Å². The molecule has 0 aliphatic heterocycles. The van der Waals surface area contributed by atoms with E-state index >= 15 is 0 Å². The summed E-state index contributed by atoms with van der Waals surface area (Å²) in [5.74, 6) is 1.42. The second-order valence-electron chi connectivity index (χ2n) is 7.10. The standard InChI is InChI=1S/C19H22N6O/c1-5-19(2,3)13-6-8-14(9-7-13)26-11-16-22-18-15-10-21-24(4)17(15)20-12-25(18)23-16/h6-10,12H,5,11H2,1-4H3. The number of rotatable bonds is 5. The fourth-order valence-electron chi connectivity index (χ4n) is 2.90. The van der Waals surface area contributed by atoms with Crippen molar-refractivity contribution in [3.8, 4) is 5.75 Å². The molecule has 4 aromatic rings. The highest BCUT2D eigenvalue weighted by Gasteiger charge is 2.17. The van der Waals surface area contributed by atoms with Crippen LogP contribution in [0.25, 0.3) is 16.7 Å². The molecule has 0 amide bonds. The molecule has 0 radical (unpaired) electrons. The van der Waals surface area contributed by atoms with Crippen molar-refractivity contribution in [3.63, 3.8) is 0 Å². The van der Waals surface area contributed by atoms with Crippen molar-refractivity contribution in [1.82, 2.24) is 29.4 Å². The molecule has 0 bridgehead atoms. The first-order chi connectivity index (χ1) is 12.5. The Hall–Kier alpha value is -2.96. The number of benzene rings is 1. The van der Waals surface area contributed by atoms with E-state index < -0.39 is 0 Å². The van der Waals surface area contributed by atoms with Gasteiger partial charge in [0.15, 0.2) is 17.1 Å². The van der Waals surface area contributed by atoms with Crippen LogP contribution in [0, 0.1) is 0 Å². The summed E-state index contributed by atoms with van der Waals surface area (Å²) in [5, 5.41) is 9.54. The van der Waals surface area contributed by atoms with Crippen LogP contribution in [0.5, 0.6) is 5.75 Å². The highest BCUT2D eigenvalue weighted by atomic mass is 16.5. The quantitative estimate of drug-likeness (QED) is 0.552. The third-order valence-corrected chi connectivity index (χ3v) is 5.00. The molecule has 0 N–H and O–H groups in total. The van der Waals surface area contributed by atoms with E-state index in [1.54, 1.807) is 21.7 Å². The normalized spacial score (nSPS) is 12.2. The van der Waals surface area contributed by atoms with Gasteiger partial charge in [-0.15, -0.1) is 5.10 Å². The van der Waals surface area contributed by atoms with Crippen LogP contribution in [-0.2, 0) is 19.1 Å². The topological polar surface area (TPSA) is 70.1 Å². The van der Waals surface area contributed by atoms with E-state index in [-0.39, 0.29) is 5.41 Å². The molecule has 0 fully saturated rings. The Balaban J connectivity index is 1.53. The van der Waals surface area contributed by atoms with Crippen molar-refractivity contribution in [2.75, 3.05) is 0 Å². The van der Waals surface area contributed by atoms with Crippen LogP contribution in [-0.4, -0.2) is 29.4 Å². The van der Waals surface area contributed by atoms with Crippen LogP contribution in [0.4, 0.5) is 0 Å². The van der Waals surface area contributed by atoms with Crippen molar-refractivity contribution in [3.05, 3.63) is 48.2 Å². The number of aryl methyl sites for hydroxylation is 1. The molecule has 0 atom stereocenters. The van der Waals surface area contributed by atoms with E-state index in [9.17, 15) is 0 Å². The van der Waals surface area contributed by atoms with Crippen LogP contribution in [0.3, 0.4) is 0 Å². The van der Waals surface area contributed by atoms with E-state index in [0.29, 0.717) is 12.4 Å². The van der Waals surface area contributed by atoms with Crippen molar-refractivity contribution in [2.45, 2.75) is 39.2 Å². The third-order valence-electron chi connectivity index (χ3n) is 5.00. The Morgan fingerprint density at radius 3 is 2.62 bits per heavy atom. The molecule has 3 aromatic heterocycles. The molecule has 0 unspecified atom stereocenters. The predicted octanol–water partition coefficient (Wildman–Crippen LogP) is 3.28. The molecule has 0 saturated heterocycles. The van der Waals surface area contributed by atoms with Gasteiger partial charge in [-0.2, -0.15) is 5.10 Å². The third kappa shape index (κ3) is 2.79. The Kier molecular flexibility index (Phi) is 3.86. The molecule has 26 heavy (non-hydrogen) atoms. The van der Waals surface area contributed by atoms with Gasteiger partial charge in [-0.25, -0.2) is 14.5 Å². The molecule has 0 aliphatic rings. The number of nitrogens with zero attached hydrogens (tertiary/aromatic N) is 6. The largest absolute Gasteiger partial charge is 0.486 e. The minimum Gasteiger partial charge on any atom is -0.486 e. The Morgan fingerprint density at radius 1 is 1.12 bits per heavy atom. The lowest BCUT2D eigenvalue weighted by atomic mass is 9.82. The minimum atomic E-state index is 0.170. The fraction of sp³-hybridized carbons (Fsp3) is 0.368. The summed E-state index contributed by atoms with van der Waals surface area (Å²) < 4.78 is 9.24. The molecule has 1 aromatic carbocycles. The summed E-state index contributed by atoms with van der Waals surface area (Å²) in [5.41, 5.74) is 3.00. The molecule has 0 saturated carbocycles. The first-order valence-corrected chi connectivity index (χ1v) is 8.73. The van der Waals surface area contributed by atoms with Crippen LogP contribution in [0.1, 0.15) is 38.6 Å². The molecule has 4 rings (SSSR count). The van der Waals surface area contributed by atoms with E-state index in [4.69, 9.17) is 4.74 Å². The molecule has 7 heteroatoms. The van der Waals surface area contributed by atoms with Gasteiger partial charge in [0.2, 0.25) is 0 Å². The smallest absolute Gasteiger partial charge is 0.189 e. The number of fused-ring (bicyclic) bond motifs is 3. The van der Waals surface area contributed by atoms with E-state index in [0.717, 1.165) is 28.9 Å². The van der Waals surface area contributed by atoms with Gasteiger partial charge in [0.05, 0.1) is 11.6 Å². The van der Waals surface area contributed by atoms with Gasteiger partial charge in [-0.1, -0.05) is 32.9 Å². The van der Waals surface area contributed by atoms with Gasteiger partial charge in [0.1, 0.15) is 18.7 Å². The van der Waals surface area contributed by atoms with Gasteiger partial charge in [0, 0.05) is 7.05 Å². The first-order valence-electron chi connectivity index (χ1n) is 8.73. The molecule has 0 aliphatic carbocycles. The number of aromatic nitrogens is 6. The average molecular weight is 350 g/mol. The van der Waals surface area contributed by atoms with E-state index in [1.165, 1.54) is 5.56 Å². The highest BCUT2D eigenvalue weighted by molar-refractivity contribution is 5.88. The van der Waals surface area contributed by atoms with Crippen molar-refractivity contribution in [1.29, 1.82) is 0 Å². The fourth-order valence-corrected chi connectivity index (χ4v) is 2.90. The number of ether oxygens (including phenoxy) is 1. The summed E-state index contributed by atoms with van der Waals surface area (Å²) in [6, 6.07) is 8.25. The SMILES string of the molecule is CCC(C)(C)c1ccc(OCc2nc3c4cnn(C)c4ncn3n2)cc1. The van der Waals surface area contributed by atoms with Crippen molar-refractivity contribution in [2.24, 2.45) is 7.05 Å². The lowest BCUT2D eigenvalue weighted by Gasteiger charge is -2.23.